The number of nitrogens with one attached hydrogen (secondary N) is 1. The standard InChI is InChI=1S/C22H27BrClN3O4S/c1-4-12-25-22(29)16(2)26(14-17-8-7-9-18(23)13-17)21(28)15-27(32(3,30)31)20-11-6-5-10-19(20)24/h5-11,13,16H,4,12,14-15H2,1-3H3,(H,25,29)/t16-/m0/s1. The molecule has 0 unspecified atom stereocenters. The van der Waals surface area contributed by atoms with Crippen LogP contribution < -0.4 is 9.62 Å². The molecule has 174 valence electrons. The van der Waals surface area contributed by atoms with Gasteiger partial charge in [0.05, 0.1) is 17.0 Å². The van der Waals surface area contributed by atoms with E-state index in [1.165, 1.54) is 11.0 Å². The fourth-order valence-electron chi connectivity index (χ4n) is 3.06. The number of carbonyl (C=O) groups excluding carboxylic acids is 2. The lowest BCUT2D eigenvalue weighted by Gasteiger charge is -2.31. The maximum absolute atomic E-state index is 13.4. The topological polar surface area (TPSA) is 86.8 Å². The summed E-state index contributed by atoms with van der Waals surface area (Å²) in [5.41, 5.74) is 1.00. The van der Waals surface area contributed by atoms with Crippen molar-refractivity contribution in [1.29, 1.82) is 0 Å². The highest BCUT2D eigenvalue weighted by Gasteiger charge is 2.30. The van der Waals surface area contributed by atoms with Crippen molar-refractivity contribution in [3.05, 3.63) is 63.6 Å². The van der Waals surface area contributed by atoms with Crippen LogP contribution in [-0.2, 0) is 26.2 Å². The number of anilines is 1. The summed E-state index contributed by atoms with van der Waals surface area (Å²) in [5, 5.41) is 3.00. The maximum Gasteiger partial charge on any atom is 0.244 e. The normalized spacial score (nSPS) is 12.2. The molecule has 0 aliphatic carbocycles. The quantitative estimate of drug-likeness (QED) is 0.493. The van der Waals surface area contributed by atoms with E-state index in [9.17, 15) is 18.0 Å². The molecule has 2 aromatic rings. The van der Waals surface area contributed by atoms with E-state index in [0.29, 0.717) is 6.54 Å². The Morgan fingerprint density at radius 3 is 2.44 bits per heavy atom. The highest BCUT2D eigenvalue weighted by Crippen LogP contribution is 2.27. The minimum atomic E-state index is -3.82. The highest BCUT2D eigenvalue weighted by molar-refractivity contribution is 9.10. The van der Waals surface area contributed by atoms with E-state index in [2.05, 4.69) is 21.2 Å². The zero-order valence-corrected chi connectivity index (χ0v) is 21.4. The zero-order chi connectivity index (χ0) is 23.9. The molecule has 0 aromatic heterocycles. The van der Waals surface area contributed by atoms with E-state index in [0.717, 1.165) is 27.0 Å². The molecule has 0 fully saturated rings. The molecule has 0 heterocycles. The van der Waals surface area contributed by atoms with Gasteiger partial charge < -0.3 is 10.2 Å². The number of benzene rings is 2. The Bertz CT molecular complexity index is 1060. The van der Waals surface area contributed by atoms with Crippen molar-refractivity contribution in [1.82, 2.24) is 10.2 Å². The minimum absolute atomic E-state index is 0.138. The average molecular weight is 545 g/mol. The first-order valence-corrected chi connectivity index (χ1v) is 13.1. The van der Waals surface area contributed by atoms with E-state index in [1.54, 1.807) is 25.1 Å². The third kappa shape index (κ3) is 7.21. The summed E-state index contributed by atoms with van der Waals surface area (Å²) in [7, 11) is -3.82. The number of para-hydroxylation sites is 1. The molecule has 7 nitrogen and oxygen atoms in total. The number of hydrogen-bond donors (Lipinski definition) is 1. The molecule has 0 radical (unpaired) electrons. The van der Waals surface area contributed by atoms with Crippen LogP contribution in [0.1, 0.15) is 25.8 Å². The number of sulfonamides is 1. The second kappa shape index (κ2) is 11.7. The Morgan fingerprint density at radius 1 is 1.16 bits per heavy atom. The predicted molar refractivity (Wildman–Crippen MR) is 131 cm³/mol. The third-order valence-corrected chi connectivity index (χ3v) is 6.70. The van der Waals surface area contributed by atoms with Crippen LogP contribution in [0.2, 0.25) is 5.02 Å². The molecule has 2 rings (SSSR count). The van der Waals surface area contributed by atoms with Crippen molar-refractivity contribution < 1.29 is 18.0 Å². The maximum atomic E-state index is 13.4. The summed E-state index contributed by atoms with van der Waals surface area (Å²) in [5.74, 6) is -0.826. The van der Waals surface area contributed by atoms with Crippen LogP contribution in [0.25, 0.3) is 0 Å². The van der Waals surface area contributed by atoms with Crippen molar-refractivity contribution in [2.75, 3.05) is 23.7 Å². The van der Waals surface area contributed by atoms with Crippen LogP contribution in [-0.4, -0.2) is 50.5 Å². The lowest BCUT2D eigenvalue weighted by Crippen LogP contribution is -2.51. The molecular formula is C22H27BrClN3O4S. The summed E-state index contributed by atoms with van der Waals surface area (Å²) in [4.78, 5) is 27.4. The molecule has 1 atom stereocenters. The Hall–Kier alpha value is -2.10. The molecule has 2 amide bonds. The van der Waals surface area contributed by atoms with Gasteiger partial charge in [-0.3, -0.25) is 13.9 Å². The number of nitrogens with zero attached hydrogens (tertiary/aromatic N) is 2. The molecule has 0 saturated carbocycles. The monoisotopic (exact) mass is 543 g/mol. The molecule has 0 saturated heterocycles. The first kappa shape index (κ1) is 26.2. The second-order valence-electron chi connectivity index (χ2n) is 7.34. The van der Waals surface area contributed by atoms with Crippen LogP contribution in [0.4, 0.5) is 5.69 Å². The second-order valence-corrected chi connectivity index (χ2v) is 10.6. The zero-order valence-electron chi connectivity index (χ0n) is 18.2. The van der Waals surface area contributed by atoms with Crippen LogP contribution in [0.15, 0.2) is 53.0 Å². The van der Waals surface area contributed by atoms with Crippen molar-refractivity contribution in [3.8, 4) is 0 Å². The van der Waals surface area contributed by atoms with Gasteiger partial charge >= 0.3 is 0 Å². The number of carbonyl (C=O) groups is 2. The molecule has 0 bridgehead atoms. The average Bonchev–Trinajstić information content (AvgIpc) is 2.73. The Labute approximate surface area is 202 Å². The molecule has 0 aliphatic rings. The van der Waals surface area contributed by atoms with Crippen LogP contribution in [0, 0.1) is 0 Å². The van der Waals surface area contributed by atoms with Crippen LogP contribution in [0.3, 0.4) is 0 Å². The van der Waals surface area contributed by atoms with E-state index in [-0.39, 0.29) is 23.2 Å². The highest BCUT2D eigenvalue weighted by atomic mass is 79.9. The van der Waals surface area contributed by atoms with E-state index in [1.807, 2.05) is 31.2 Å². The molecule has 1 N–H and O–H groups in total. The summed E-state index contributed by atoms with van der Waals surface area (Å²) >= 11 is 9.61. The van der Waals surface area contributed by atoms with Gasteiger partial charge in [-0.25, -0.2) is 8.42 Å². The fourth-order valence-corrected chi connectivity index (χ4v) is 4.66. The first-order valence-electron chi connectivity index (χ1n) is 10.1. The molecule has 0 aliphatic heterocycles. The Balaban J connectivity index is 2.38. The summed E-state index contributed by atoms with van der Waals surface area (Å²) in [6, 6.07) is 13.0. The Kier molecular flexibility index (Phi) is 9.54. The largest absolute Gasteiger partial charge is 0.354 e. The van der Waals surface area contributed by atoms with Gasteiger partial charge in [0.2, 0.25) is 21.8 Å². The van der Waals surface area contributed by atoms with E-state index in [4.69, 9.17) is 11.6 Å². The van der Waals surface area contributed by atoms with Gasteiger partial charge in [0.1, 0.15) is 12.6 Å². The SMILES string of the molecule is CCCNC(=O)[C@H](C)N(Cc1cccc(Br)c1)C(=O)CN(c1ccccc1Cl)S(C)(=O)=O. The summed E-state index contributed by atoms with van der Waals surface area (Å²) in [6.45, 7) is 3.70. The Morgan fingerprint density at radius 2 is 1.84 bits per heavy atom. The molecule has 0 spiro atoms. The lowest BCUT2D eigenvalue weighted by atomic mass is 10.1. The van der Waals surface area contributed by atoms with Gasteiger partial charge in [0.25, 0.3) is 0 Å². The number of amides is 2. The van der Waals surface area contributed by atoms with Gasteiger partial charge in [-0.15, -0.1) is 0 Å². The predicted octanol–water partition coefficient (Wildman–Crippen LogP) is 3.81. The van der Waals surface area contributed by atoms with Gasteiger partial charge in [-0.1, -0.05) is 58.7 Å². The number of hydrogen-bond acceptors (Lipinski definition) is 4. The van der Waals surface area contributed by atoms with Gasteiger partial charge in [-0.05, 0) is 43.2 Å². The minimum Gasteiger partial charge on any atom is -0.354 e. The molecule has 10 heteroatoms. The van der Waals surface area contributed by atoms with Gasteiger partial charge in [-0.2, -0.15) is 0 Å². The fraction of sp³-hybridized carbons (Fsp3) is 0.364. The number of rotatable bonds is 10. The van der Waals surface area contributed by atoms with Gasteiger partial charge in [0, 0.05) is 17.6 Å². The van der Waals surface area contributed by atoms with Crippen LogP contribution in [0.5, 0.6) is 0 Å². The van der Waals surface area contributed by atoms with E-state index < -0.39 is 28.5 Å². The third-order valence-electron chi connectivity index (χ3n) is 4.76. The summed E-state index contributed by atoms with van der Waals surface area (Å²) in [6.07, 6.45) is 1.77. The molecule has 32 heavy (non-hydrogen) atoms. The van der Waals surface area contributed by atoms with Crippen molar-refractivity contribution in [3.63, 3.8) is 0 Å². The number of halogens is 2. The smallest absolute Gasteiger partial charge is 0.244 e. The van der Waals surface area contributed by atoms with Gasteiger partial charge in [0.15, 0.2) is 0 Å². The lowest BCUT2D eigenvalue weighted by molar-refractivity contribution is -0.139. The van der Waals surface area contributed by atoms with Crippen molar-refractivity contribution >= 4 is 55.1 Å². The first-order chi connectivity index (χ1) is 15.0. The van der Waals surface area contributed by atoms with Crippen LogP contribution >= 0.6 is 27.5 Å². The van der Waals surface area contributed by atoms with Crippen molar-refractivity contribution in [2.45, 2.75) is 32.9 Å². The summed E-state index contributed by atoms with van der Waals surface area (Å²) < 4.78 is 26.8. The molecule has 2 aromatic carbocycles. The van der Waals surface area contributed by atoms with E-state index >= 15 is 0 Å². The van der Waals surface area contributed by atoms with Crippen molar-refractivity contribution in [2.24, 2.45) is 0 Å². The molecular weight excluding hydrogens is 518 g/mol.